The van der Waals surface area contributed by atoms with E-state index in [4.69, 9.17) is 14.3 Å². The number of hydrogen-bond donors (Lipinski definition) is 2. The fourth-order valence-corrected chi connectivity index (χ4v) is 6.41. The van der Waals surface area contributed by atoms with Crippen molar-refractivity contribution in [2.24, 2.45) is 28.8 Å². The second-order valence-electron chi connectivity index (χ2n) is 11.4. The van der Waals surface area contributed by atoms with Gasteiger partial charge in [-0.25, -0.2) is 0 Å². The fraction of sp³-hybridized carbons (Fsp3) is 0.567. The third kappa shape index (κ3) is 5.61. The number of oxime groups is 1. The number of hydrogen-bond acceptors (Lipinski definition) is 8. The van der Waals surface area contributed by atoms with E-state index in [1.807, 2.05) is 12.1 Å². The molecule has 0 bridgehead atoms. The summed E-state index contributed by atoms with van der Waals surface area (Å²) in [7, 11) is 0. The van der Waals surface area contributed by atoms with Crippen molar-refractivity contribution in [1.29, 1.82) is 0 Å². The quantitative estimate of drug-likeness (QED) is 0.224. The van der Waals surface area contributed by atoms with Crippen LogP contribution in [0.15, 0.2) is 46.7 Å². The number of imide groups is 1. The molecule has 1 saturated heterocycles. The molecule has 2 aliphatic heterocycles. The van der Waals surface area contributed by atoms with E-state index in [1.54, 1.807) is 12.1 Å². The number of nitrogens with zero attached hydrogens (tertiary/aromatic N) is 2. The van der Waals surface area contributed by atoms with E-state index in [-0.39, 0.29) is 37.5 Å². The predicted octanol–water partition coefficient (Wildman–Crippen LogP) is 3.73. The van der Waals surface area contributed by atoms with E-state index in [2.05, 4.69) is 32.0 Å². The van der Waals surface area contributed by atoms with E-state index in [9.17, 15) is 19.8 Å². The molecule has 6 atom stereocenters. The fourth-order valence-electron chi connectivity index (χ4n) is 6.41. The summed E-state index contributed by atoms with van der Waals surface area (Å²) >= 11 is 0. The summed E-state index contributed by atoms with van der Waals surface area (Å²) in [6.45, 7) is 6.81. The Kier molecular flexibility index (Phi) is 8.09. The Morgan fingerprint density at radius 1 is 1.08 bits per heavy atom. The van der Waals surface area contributed by atoms with E-state index in [0.29, 0.717) is 36.7 Å². The summed E-state index contributed by atoms with van der Waals surface area (Å²) in [5.41, 5.74) is 3.93. The molecule has 39 heavy (non-hydrogen) atoms. The second-order valence-corrected chi connectivity index (χ2v) is 11.4. The molecular formula is C30H38N2O7. The number of allylic oxidation sites excluding steroid dienone is 3. The average molecular weight is 539 g/mol. The lowest BCUT2D eigenvalue weighted by atomic mass is 9.60. The van der Waals surface area contributed by atoms with Crippen molar-refractivity contribution in [3.05, 3.63) is 47.1 Å². The smallest absolute Gasteiger partial charge is 0.233 e. The molecule has 3 fully saturated rings. The zero-order valence-electron chi connectivity index (χ0n) is 22.8. The zero-order chi connectivity index (χ0) is 27.7. The lowest BCUT2D eigenvalue weighted by molar-refractivity contribution is -0.142. The highest BCUT2D eigenvalue weighted by Gasteiger charge is 2.59. The van der Waals surface area contributed by atoms with Crippen molar-refractivity contribution in [2.45, 2.75) is 71.6 Å². The molecular weight excluding hydrogens is 500 g/mol. The molecule has 1 aromatic carbocycles. The number of aliphatic hydroxyl groups is 2. The number of carbonyl (C=O) groups is 2. The highest BCUT2D eigenvalue weighted by molar-refractivity contribution is 6.06. The molecule has 1 aromatic rings. The summed E-state index contributed by atoms with van der Waals surface area (Å²) in [6.07, 6.45) is 5.27. The van der Waals surface area contributed by atoms with Crippen LogP contribution in [-0.4, -0.2) is 58.2 Å². The number of carbonyl (C=O) groups excluding carboxylic acids is 2. The third-order valence-corrected chi connectivity index (χ3v) is 8.43. The molecule has 0 aromatic heterocycles. The number of aliphatic hydroxyl groups excluding tert-OH is 2. The lowest BCUT2D eigenvalue weighted by Crippen LogP contribution is -2.54. The molecule has 0 unspecified atom stereocenters. The van der Waals surface area contributed by atoms with E-state index < -0.39 is 30.0 Å². The van der Waals surface area contributed by atoms with Crippen LogP contribution < -0.4 is 9.47 Å². The lowest BCUT2D eigenvalue weighted by Gasteiger charge is -2.45. The van der Waals surface area contributed by atoms with Crippen LogP contribution in [0.1, 0.15) is 58.4 Å². The van der Waals surface area contributed by atoms with Crippen LogP contribution >= 0.6 is 0 Å². The maximum atomic E-state index is 13.6. The molecule has 2 saturated carbocycles. The van der Waals surface area contributed by atoms with Crippen molar-refractivity contribution in [3.63, 3.8) is 0 Å². The highest BCUT2D eigenvalue weighted by Crippen LogP contribution is 2.50. The van der Waals surface area contributed by atoms with Gasteiger partial charge in [-0.1, -0.05) is 28.4 Å². The van der Waals surface area contributed by atoms with E-state index in [0.717, 1.165) is 18.4 Å². The van der Waals surface area contributed by atoms with Gasteiger partial charge in [0.2, 0.25) is 18.6 Å². The van der Waals surface area contributed by atoms with Gasteiger partial charge in [0.05, 0.1) is 36.3 Å². The van der Waals surface area contributed by atoms with Crippen LogP contribution in [0.2, 0.25) is 0 Å². The summed E-state index contributed by atoms with van der Waals surface area (Å²) in [4.78, 5) is 33.9. The Morgan fingerprint density at radius 3 is 2.64 bits per heavy atom. The van der Waals surface area contributed by atoms with Crippen molar-refractivity contribution in [1.82, 2.24) is 4.90 Å². The van der Waals surface area contributed by atoms with Crippen LogP contribution in [0.5, 0.6) is 11.5 Å². The van der Waals surface area contributed by atoms with Gasteiger partial charge >= 0.3 is 0 Å². The Labute approximate surface area is 229 Å². The highest BCUT2D eigenvalue weighted by atomic mass is 16.7. The van der Waals surface area contributed by atoms with Gasteiger partial charge in [0.25, 0.3) is 0 Å². The monoisotopic (exact) mass is 538 g/mol. The van der Waals surface area contributed by atoms with Crippen LogP contribution in [0.4, 0.5) is 0 Å². The first-order chi connectivity index (χ1) is 18.7. The van der Waals surface area contributed by atoms with Gasteiger partial charge in [-0.05, 0) is 70.2 Å². The molecule has 0 spiro atoms. The number of ether oxygens (including phenoxy) is 2. The van der Waals surface area contributed by atoms with Crippen LogP contribution in [-0.2, 0) is 21.0 Å². The average Bonchev–Trinajstić information content (AvgIpc) is 3.47. The minimum atomic E-state index is -1.11. The summed E-state index contributed by atoms with van der Waals surface area (Å²) in [5, 5.41) is 26.1. The number of fused-ring (bicyclic) bond motifs is 4. The molecule has 9 heteroatoms. The van der Waals surface area contributed by atoms with Gasteiger partial charge in [0, 0.05) is 18.3 Å². The van der Waals surface area contributed by atoms with Crippen molar-refractivity contribution in [3.8, 4) is 11.5 Å². The topological polar surface area (TPSA) is 118 Å². The van der Waals surface area contributed by atoms with Gasteiger partial charge in [-0.3, -0.25) is 14.5 Å². The number of benzene rings is 1. The van der Waals surface area contributed by atoms with Gasteiger partial charge in [-0.2, -0.15) is 0 Å². The first kappa shape index (κ1) is 27.4. The zero-order valence-corrected chi connectivity index (χ0v) is 22.8. The molecule has 9 nitrogen and oxygen atoms in total. The first-order valence-electron chi connectivity index (χ1n) is 13.8. The summed E-state index contributed by atoms with van der Waals surface area (Å²) in [5.74, 6) is -1.33. The van der Waals surface area contributed by atoms with Crippen molar-refractivity contribution >= 4 is 17.5 Å². The Hall–Kier alpha value is -3.17. The molecule has 5 rings (SSSR count). The van der Waals surface area contributed by atoms with Crippen LogP contribution in [0.3, 0.4) is 0 Å². The number of rotatable bonds is 8. The van der Waals surface area contributed by atoms with Crippen LogP contribution in [0, 0.1) is 23.7 Å². The van der Waals surface area contributed by atoms with Gasteiger partial charge in [0.15, 0.2) is 11.5 Å². The normalized spacial score (nSPS) is 30.8. The Morgan fingerprint density at radius 2 is 1.85 bits per heavy atom. The largest absolute Gasteiger partial charge is 0.454 e. The Bertz CT molecular complexity index is 1200. The third-order valence-electron chi connectivity index (χ3n) is 8.43. The minimum absolute atomic E-state index is 0.126. The summed E-state index contributed by atoms with van der Waals surface area (Å²) < 4.78 is 10.8. The van der Waals surface area contributed by atoms with E-state index >= 15 is 0 Å². The first-order valence-corrected chi connectivity index (χ1v) is 13.8. The standard InChI is InChI=1S/C30H38N2O7/c1-17(2)5-4-6-18(3)11-12-39-31-22-14-23(33)28(34)26-20(22)8-9-21-27(26)30(36)32(29(21)35)15-19-7-10-24-25(13-19)38-16-37-24/h5,7,10-11,13,20-21,23,26-28,33-34H,4,6,8-9,12,14-16H2,1-3H3/b18-11+,31-22+/t20-,21+,23+,26-,27+,28+/m0/s1. The van der Waals surface area contributed by atoms with Gasteiger partial charge < -0.3 is 24.5 Å². The van der Waals surface area contributed by atoms with Crippen molar-refractivity contribution < 1.29 is 34.1 Å². The molecule has 4 aliphatic rings. The molecule has 2 amide bonds. The molecule has 2 heterocycles. The summed E-state index contributed by atoms with van der Waals surface area (Å²) in [6, 6.07) is 5.38. The van der Waals surface area contributed by atoms with Crippen LogP contribution in [0.25, 0.3) is 0 Å². The molecule has 0 radical (unpaired) electrons. The van der Waals surface area contributed by atoms with Crippen molar-refractivity contribution in [2.75, 3.05) is 13.4 Å². The molecule has 210 valence electrons. The Balaban J connectivity index is 1.28. The number of likely N-dealkylation sites (tertiary alicyclic amines) is 1. The predicted molar refractivity (Wildman–Crippen MR) is 144 cm³/mol. The minimum Gasteiger partial charge on any atom is -0.454 e. The number of amides is 2. The maximum Gasteiger partial charge on any atom is 0.233 e. The van der Waals surface area contributed by atoms with E-state index in [1.165, 1.54) is 16.0 Å². The maximum absolute atomic E-state index is 13.6. The van der Waals surface area contributed by atoms with Gasteiger partial charge in [0.1, 0.15) is 6.61 Å². The second kappa shape index (κ2) is 11.5. The SMILES string of the molecule is CC(C)=CCC/C(C)=C/CO/N=C1\C[C@@H](O)[C@@H](O)[C@@H]2[C@@H]3C(=O)N(Cc4ccc5c(c4)OCO5)C(=O)[C@@H]3CC[C@@H]12. The molecule has 2 aliphatic carbocycles. The van der Waals surface area contributed by atoms with Gasteiger partial charge in [-0.15, -0.1) is 0 Å². The molecule has 2 N–H and O–H groups in total.